The van der Waals surface area contributed by atoms with E-state index in [0.717, 1.165) is 33.6 Å². The number of amides is 3. The van der Waals surface area contributed by atoms with Gasteiger partial charge in [0.25, 0.3) is 0 Å². The Morgan fingerprint density at radius 1 is 0.585 bits per heavy atom. The van der Waals surface area contributed by atoms with Gasteiger partial charge in [-0.1, -0.05) is 133 Å². The van der Waals surface area contributed by atoms with Crippen molar-refractivity contribution in [3.05, 3.63) is 173 Å². The van der Waals surface area contributed by atoms with Gasteiger partial charge in [0.15, 0.2) is 6.23 Å². The van der Waals surface area contributed by atoms with Crippen LogP contribution in [0.1, 0.15) is 47.1 Å². The SMILES string of the molecule is COC(=O)[C@H](CCCCNC(=O)N[C@@H]1O[C@H](COCc2ccc(OC)cc2)[C@@H](OCc2ccccc2)[C@H](OCc2ccccc2)[C@H]1OCc1ccccc1)NC(=O)OCc1ccccc1. The van der Waals surface area contributed by atoms with Crippen molar-refractivity contribution in [3.8, 4) is 5.75 Å². The van der Waals surface area contributed by atoms with Gasteiger partial charge in [0.05, 0.1) is 47.3 Å². The molecule has 0 spiro atoms. The molecule has 1 aliphatic rings. The first-order valence-electron chi connectivity index (χ1n) is 21.8. The number of methoxy groups -OCH3 is 2. The molecule has 1 saturated heterocycles. The third-order valence-corrected chi connectivity index (χ3v) is 10.7. The van der Waals surface area contributed by atoms with Gasteiger partial charge in [-0.05, 0) is 59.2 Å². The van der Waals surface area contributed by atoms with Crippen molar-refractivity contribution in [2.45, 2.75) is 89.0 Å². The highest BCUT2D eigenvalue weighted by atomic mass is 16.6. The molecule has 1 aliphatic heterocycles. The highest BCUT2D eigenvalue weighted by Gasteiger charge is 2.49. The van der Waals surface area contributed by atoms with Crippen LogP contribution in [-0.4, -0.2) is 82.2 Å². The van der Waals surface area contributed by atoms with E-state index in [4.69, 9.17) is 37.9 Å². The van der Waals surface area contributed by atoms with Crippen LogP contribution in [0.3, 0.4) is 0 Å². The van der Waals surface area contributed by atoms with Crippen LogP contribution >= 0.6 is 0 Å². The van der Waals surface area contributed by atoms with E-state index >= 15 is 0 Å². The van der Waals surface area contributed by atoms with Crippen LogP contribution in [0.15, 0.2) is 146 Å². The number of unbranched alkanes of at least 4 members (excludes halogenated alkanes) is 1. The topological polar surface area (TPSA) is 161 Å². The number of nitrogens with one attached hydrogen (secondary N) is 3. The Labute approximate surface area is 380 Å². The Kier molecular flexibility index (Phi) is 19.6. The number of alkyl carbamates (subject to hydrolysis) is 1. The number of ether oxygens (including phenoxy) is 8. The molecule has 5 aromatic carbocycles. The average Bonchev–Trinajstić information content (AvgIpc) is 3.35. The number of hydrogen-bond donors (Lipinski definition) is 3. The van der Waals surface area contributed by atoms with Gasteiger partial charge in [0.2, 0.25) is 0 Å². The lowest BCUT2D eigenvalue weighted by molar-refractivity contribution is -0.275. The minimum Gasteiger partial charge on any atom is -0.497 e. The molecule has 0 unspecified atom stereocenters. The molecule has 0 bridgehead atoms. The van der Waals surface area contributed by atoms with E-state index in [9.17, 15) is 14.4 Å². The molecule has 6 atom stereocenters. The highest BCUT2D eigenvalue weighted by Crippen LogP contribution is 2.30. The fourth-order valence-corrected chi connectivity index (χ4v) is 7.21. The molecule has 344 valence electrons. The molecule has 65 heavy (non-hydrogen) atoms. The van der Waals surface area contributed by atoms with E-state index in [1.165, 1.54) is 7.11 Å². The molecular formula is C51H59N3O11. The predicted molar refractivity (Wildman–Crippen MR) is 242 cm³/mol. The lowest BCUT2D eigenvalue weighted by Crippen LogP contribution is -2.66. The Hall–Kier alpha value is -6.29. The summed E-state index contributed by atoms with van der Waals surface area (Å²) in [6.07, 6.45) is -3.48. The second-order valence-corrected chi connectivity index (χ2v) is 15.4. The quantitative estimate of drug-likeness (QED) is 0.0413. The number of esters is 1. The highest BCUT2D eigenvalue weighted by molar-refractivity contribution is 5.81. The molecule has 0 radical (unpaired) electrons. The summed E-state index contributed by atoms with van der Waals surface area (Å²) in [7, 11) is 2.88. The van der Waals surface area contributed by atoms with E-state index in [2.05, 4.69) is 16.0 Å². The summed E-state index contributed by atoms with van der Waals surface area (Å²) in [5, 5.41) is 8.52. The molecule has 3 N–H and O–H groups in total. The van der Waals surface area contributed by atoms with Crippen molar-refractivity contribution in [1.82, 2.24) is 16.0 Å². The fourth-order valence-electron chi connectivity index (χ4n) is 7.21. The number of carbonyl (C=O) groups is 3. The van der Waals surface area contributed by atoms with Gasteiger partial charge >= 0.3 is 18.1 Å². The van der Waals surface area contributed by atoms with E-state index in [1.54, 1.807) is 7.11 Å². The van der Waals surface area contributed by atoms with Gasteiger partial charge in [-0.25, -0.2) is 14.4 Å². The maximum atomic E-state index is 13.7. The number of carbonyl (C=O) groups excluding carboxylic acids is 3. The van der Waals surface area contributed by atoms with Crippen LogP contribution in [0.25, 0.3) is 0 Å². The van der Waals surface area contributed by atoms with Gasteiger partial charge < -0.3 is 53.8 Å². The molecule has 3 amide bonds. The second-order valence-electron chi connectivity index (χ2n) is 15.4. The molecule has 1 fully saturated rings. The first-order valence-corrected chi connectivity index (χ1v) is 21.8. The first kappa shape index (κ1) is 48.2. The Morgan fingerprint density at radius 3 is 1.63 bits per heavy atom. The molecule has 14 heteroatoms. The molecule has 0 saturated carbocycles. The summed E-state index contributed by atoms with van der Waals surface area (Å²) in [6, 6.07) is 44.8. The summed E-state index contributed by atoms with van der Waals surface area (Å²) in [4.78, 5) is 38.8. The Morgan fingerprint density at radius 2 is 1.09 bits per heavy atom. The van der Waals surface area contributed by atoms with E-state index in [0.29, 0.717) is 19.4 Å². The normalized spacial score (nSPS) is 18.5. The summed E-state index contributed by atoms with van der Waals surface area (Å²) < 4.78 is 48.8. The van der Waals surface area contributed by atoms with Gasteiger partial charge in [-0.3, -0.25) is 0 Å². The molecule has 0 aliphatic carbocycles. The first-order chi connectivity index (χ1) is 31.9. The number of urea groups is 1. The minimum absolute atomic E-state index is 0.0567. The summed E-state index contributed by atoms with van der Waals surface area (Å²) >= 11 is 0. The zero-order chi connectivity index (χ0) is 45.5. The largest absolute Gasteiger partial charge is 0.497 e. The molecule has 0 aromatic heterocycles. The smallest absolute Gasteiger partial charge is 0.408 e. The Bertz CT molecular complexity index is 2130. The third kappa shape index (κ3) is 16.0. The maximum Gasteiger partial charge on any atom is 0.408 e. The van der Waals surface area contributed by atoms with Crippen LogP contribution in [0.4, 0.5) is 9.59 Å². The molecular weight excluding hydrogens is 831 g/mol. The van der Waals surface area contributed by atoms with E-state index in [1.807, 2.05) is 146 Å². The fraction of sp³-hybridized carbons (Fsp3) is 0.353. The maximum absolute atomic E-state index is 13.7. The molecule has 14 nitrogen and oxygen atoms in total. The van der Waals surface area contributed by atoms with Crippen molar-refractivity contribution >= 4 is 18.1 Å². The monoisotopic (exact) mass is 889 g/mol. The van der Waals surface area contributed by atoms with Crippen LogP contribution in [0, 0.1) is 0 Å². The average molecular weight is 890 g/mol. The number of benzene rings is 5. The second kappa shape index (κ2) is 26.5. The van der Waals surface area contributed by atoms with Crippen LogP contribution in [-0.2, 0) is 71.0 Å². The van der Waals surface area contributed by atoms with Crippen LogP contribution < -0.4 is 20.7 Å². The van der Waals surface area contributed by atoms with Gasteiger partial charge in [-0.2, -0.15) is 0 Å². The van der Waals surface area contributed by atoms with E-state index < -0.39 is 54.8 Å². The Balaban J connectivity index is 1.15. The van der Waals surface area contributed by atoms with Crippen LogP contribution in [0.5, 0.6) is 5.75 Å². The standard InChI is InChI=1S/C51H59N3O11/c1-58-42-28-26-41(27-29-42)31-60-36-44-45(61-32-37-17-7-3-8-18-37)46(62-33-38-19-9-4-10-20-38)47(63-34-39-21-11-5-12-22-39)48(65-44)54-50(56)52-30-16-15-25-43(49(55)59-2)53-51(57)64-35-40-23-13-6-14-24-40/h3-14,17-24,26-29,43-48H,15-16,25,30-36H2,1-2H3,(H,53,57)(H2,52,54,56)/t43-,44+,45+,46-,47+,48+/m0/s1. The van der Waals surface area contributed by atoms with Crippen molar-refractivity contribution in [2.75, 3.05) is 27.4 Å². The van der Waals surface area contributed by atoms with Crippen molar-refractivity contribution < 1.29 is 52.3 Å². The van der Waals surface area contributed by atoms with Crippen molar-refractivity contribution in [1.29, 1.82) is 0 Å². The number of hydrogen-bond acceptors (Lipinski definition) is 11. The lowest BCUT2D eigenvalue weighted by Gasteiger charge is -2.46. The van der Waals surface area contributed by atoms with Crippen molar-refractivity contribution in [2.24, 2.45) is 0 Å². The molecule has 1 heterocycles. The van der Waals surface area contributed by atoms with Gasteiger partial charge in [0, 0.05) is 6.54 Å². The minimum atomic E-state index is -1.000. The van der Waals surface area contributed by atoms with E-state index in [-0.39, 0.29) is 46.0 Å². The van der Waals surface area contributed by atoms with Gasteiger partial charge in [-0.15, -0.1) is 0 Å². The molecule has 5 aromatic rings. The summed E-state index contributed by atoms with van der Waals surface area (Å²) in [5.41, 5.74) is 4.59. The summed E-state index contributed by atoms with van der Waals surface area (Å²) in [6.45, 7) is 1.42. The van der Waals surface area contributed by atoms with Crippen molar-refractivity contribution in [3.63, 3.8) is 0 Å². The summed E-state index contributed by atoms with van der Waals surface area (Å²) in [5.74, 6) is 0.144. The molecule has 6 rings (SSSR count). The number of rotatable bonds is 24. The third-order valence-electron chi connectivity index (χ3n) is 10.7. The zero-order valence-corrected chi connectivity index (χ0v) is 36.9. The van der Waals surface area contributed by atoms with Crippen LogP contribution in [0.2, 0.25) is 0 Å². The predicted octanol–water partition coefficient (Wildman–Crippen LogP) is 7.63. The lowest BCUT2D eigenvalue weighted by atomic mass is 9.97. The zero-order valence-electron chi connectivity index (χ0n) is 36.9. The van der Waals surface area contributed by atoms with Gasteiger partial charge in [0.1, 0.15) is 42.8 Å².